The molecule has 1 heterocycles. The molecule has 0 radical (unpaired) electrons. The summed E-state index contributed by atoms with van der Waals surface area (Å²) in [6.07, 6.45) is 2.41. The number of sulfone groups is 1. The molecular weight excluding hydrogens is 284 g/mol. The van der Waals surface area contributed by atoms with Gasteiger partial charge in [-0.25, -0.2) is 13.4 Å². The number of carbonyl (C=O) groups excluding carboxylic acids is 1. The van der Waals surface area contributed by atoms with E-state index in [-0.39, 0.29) is 0 Å². The lowest BCUT2D eigenvalue weighted by Crippen LogP contribution is -2.31. The van der Waals surface area contributed by atoms with Gasteiger partial charge in [0.25, 0.3) is 0 Å². The second-order valence-corrected chi connectivity index (χ2v) is 6.55. The number of nitrogens with zero attached hydrogens (tertiary/aromatic N) is 1. The van der Waals surface area contributed by atoms with Gasteiger partial charge in [-0.1, -0.05) is 0 Å². The van der Waals surface area contributed by atoms with Crippen LogP contribution in [0.15, 0.2) is 18.3 Å². The summed E-state index contributed by atoms with van der Waals surface area (Å²) >= 11 is 0. The number of ether oxygens (including phenoxy) is 2. The highest BCUT2D eigenvalue weighted by Gasteiger charge is 2.23. The van der Waals surface area contributed by atoms with E-state index in [1.54, 1.807) is 19.2 Å². The molecule has 0 unspecified atom stereocenters. The maximum Gasteiger partial charge on any atom is 0.242 e. The van der Waals surface area contributed by atoms with Crippen LogP contribution in [0.5, 0.6) is 5.88 Å². The van der Waals surface area contributed by atoms with Gasteiger partial charge in [0.05, 0.1) is 18.5 Å². The van der Waals surface area contributed by atoms with Crippen molar-refractivity contribution in [1.29, 1.82) is 0 Å². The lowest BCUT2D eigenvalue weighted by Gasteiger charge is -2.10. The molecule has 1 N–H and O–H groups in total. The zero-order chi connectivity index (χ0) is 15.2. The topological polar surface area (TPSA) is 94.6 Å². The Balaban J connectivity index is 2.59. The maximum atomic E-state index is 11.7. The molecule has 0 saturated carbocycles. The number of aromatic nitrogens is 1. The highest BCUT2D eigenvalue weighted by molar-refractivity contribution is 7.92. The molecule has 0 fully saturated rings. The van der Waals surface area contributed by atoms with E-state index >= 15 is 0 Å². The fraction of sp³-hybridized carbons (Fsp3) is 0.500. The van der Waals surface area contributed by atoms with Crippen molar-refractivity contribution in [3.63, 3.8) is 0 Å². The normalized spacial score (nSPS) is 12.8. The molecule has 1 amide bonds. The summed E-state index contributed by atoms with van der Waals surface area (Å²) in [5.41, 5.74) is 0.407. The third-order valence-electron chi connectivity index (χ3n) is 2.55. The van der Waals surface area contributed by atoms with E-state index in [9.17, 15) is 13.2 Å². The minimum Gasteiger partial charge on any atom is -0.475 e. The van der Waals surface area contributed by atoms with Crippen molar-refractivity contribution in [2.75, 3.05) is 31.9 Å². The first-order chi connectivity index (χ1) is 9.34. The summed E-state index contributed by atoms with van der Waals surface area (Å²) in [6, 6.07) is 3.17. The molecule has 8 heteroatoms. The SMILES string of the molecule is COCCOc1ccc(NC(=O)[C@@H](C)S(C)(=O)=O)cn1. The minimum atomic E-state index is -3.42. The largest absolute Gasteiger partial charge is 0.475 e. The van der Waals surface area contributed by atoms with Gasteiger partial charge < -0.3 is 14.8 Å². The van der Waals surface area contributed by atoms with Crippen molar-refractivity contribution in [3.05, 3.63) is 18.3 Å². The summed E-state index contributed by atoms with van der Waals surface area (Å²) in [7, 11) is -1.85. The predicted molar refractivity (Wildman–Crippen MR) is 74.5 cm³/mol. The van der Waals surface area contributed by atoms with Crippen LogP contribution in [0.1, 0.15) is 6.92 Å². The molecule has 0 aliphatic rings. The van der Waals surface area contributed by atoms with Crippen LogP contribution >= 0.6 is 0 Å². The highest BCUT2D eigenvalue weighted by atomic mass is 32.2. The molecule has 1 rings (SSSR count). The quantitative estimate of drug-likeness (QED) is 0.736. The Morgan fingerprint density at radius 3 is 2.60 bits per heavy atom. The van der Waals surface area contributed by atoms with Gasteiger partial charge in [-0.05, 0) is 13.0 Å². The molecule has 7 nitrogen and oxygen atoms in total. The monoisotopic (exact) mass is 302 g/mol. The number of hydrogen-bond acceptors (Lipinski definition) is 6. The average molecular weight is 302 g/mol. The molecule has 0 saturated heterocycles. The van der Waals surface area contributed by atoms with Crippen molar-refractivity contribution >= 4 is 21.4 Å². The van der Waals surface area contributed by atoms with E-state index in [1.807, 2.05) is 0 Å². The van der Waals surface area contributed by atoms with Crippen LogP contribution in [0.4, 0.5) is 5.69 Å². The first-order valence-electron chi connectivity index (χ1n) is 5.92. The number of amides is 1. The van der Waals surface area contributed by atoms with Crippen molar-refractivity contribution < 1.29 is 22.7 Å². The van der Waals surface area contributed by atoms with Gasteiger partial charge in [0, 0.05) is 19.4 Å². The smallest absolute Gasteiger partial charge is 0.242 e. The van der Waals surface area contributed by atoms with Crippen molar-refractivity contribution in [1.82, 2.24) is 4.98 Å². The van der Waals surface area contributed by atoms with Crippen LogP contribution in [-0.2, 0) is 19.4 Å². The number of nitrogens with one attached hydrogen (secondary N) is 1. The minimum absolute atomic E-state index is 0.375. The molecule has 0 spiro atoms. The Bertz CT molecular complexity index is 541. The molecule has 1 aromatic rings. The van der Waals surface area contributed by atoms with Crippen molar-refractivity contribution in [2.24, 2.45) is 0 Å². The van der Waals surface area contributed by atoms with Crippen molar-refractivity contribution in [2.45, 2.75) is 12.2 Å². The van der Waals surface area contributed by atoms with E-state index in [0.29, 0.717) is 24.8 Å². The van der Waals surface area contributed by atoms with Crippen LogP contribution in [0, 0.1) is 0 Å². The van der Waals surface area contributed by atoms with Crippen LogP contribution in [0.25, 0.3) is 0 Å². The van der Waals surface area contributed by atoms with E-state index in [4.69, 9.17) is 9.47 Å². The summed E-state index contributed by atoms with van der Waals surface area (Å²) in [6.45, 7) is 2.16. The molecule has 0 aliphatic heterocycles. The number of hydrogen-bond donors (Lipinski definition) is 1. The number of carbonyl (C=O) groups is 1. The van der Waals surface area contributed by atoms with E-state index in [0.717, 1.165) is 6.26 Å². The molecular formula is C12H18N2O5S. The lowest BCUT2D eigenvalue weighted by atomic mass is 10.3. The molecule has 1 atom stereocenters. The second-order valence-electron chi connectivity index (χ2n) is 4.19. The zero-order valence-electron chi connectivity index (χ0n) is 11.6. The lowest BCUT2D eigenvalue weighted by molar-refractivity contribution is -0.115. The maximum absolute atomic E-state index is 11.7. The average Bonchev–Trinajstić information content (AvgIpc) is 2.39. The first kappa shape index (κ1) is 16.4. The summed E-state index contributed by atoms with van der Waals surface area (Å²) in [5, 5.41) is 1.37. The Morgan fingerprint density at radius 2 is 2.10 bits per heavy atom. The van der Waals surface area contributed by atoms with Crippen LogP contribution < -0.4 is 10.1 Å². The van der Waals surface area contributed by atoms with Gasteiger partial charge in [-0.15, -0.1) is 0 Å². The second kappa shape index (κ2) is 7.20. The van der Waals surface area contributed by atoms with Gasteiger partial charge in [0.1, 0.15) is 11.9 Å². The number of rotatable bonds is 7. The molecule has 112 valence electrons. The van der Waals surface area contributed by atoms with Crippen molar-refractivity contribution in [3.8, 4) is 5.88 Å². The van der Waals surface area contributed by atoms with Gasteiger partial charge in [-0.3, -0.25) is 4.79 Å². The van der Waals surface area contributed by atoms with E-state index in [1.165, 1.54) is 13.1 Å². The third kappa shape index (κ3) is 5.14. The van der Waals surface area contributed by atoms with Gasteiger partial charge in [-0.2, -0.15) is 0 Å². The van der Waals surface area contributed by atoms with Gasteiger partial charge in [0.15, 0.2) is 9.84 Å². The number of methoxy groups -OCH3 is 1. The Hall–Kier alpha value is -1.67. The standard InChI is InChI=1S/C12H18N2O5S/c1-9(20(3,16)17)12(15)14-10-4-5-11(13-8-10)19-7-6-18-2/h4-5,8-9H,6-7H2,1-3H3,(H,14,15)/t9-/m1/s1. The van der Waals surface area contributed by atoms with Gasteiger partial charge in [0.2, 0.25) is 11.8 Å². The fourth-order valence-corrected chi connectivity index (χ4v) is 1.66. The Labute approximate surface area is 118 Å². The summed E-state index contributed by atoms with van der Waals surface area (Å²) in [4.78, 5) is 15.7. The molecule has 20 heavy (non-hydrogen) atoms. The van der Waals surface area contributed by atoms with E-state index < -0.39 is 21.0 Å². The first-order valence-corrected chi connectivity index (χ1v) is 7.87. The highest BCUT2D eigenvalue weighted by Crippen LogP contribution is 2.12. The summed E-state index contributed by atoms with van der Waals surface area (Å²) < 4.78 is 32.6. The third-order valence-corrected chi connectivity index (χ3v) is 4.05. The Kier molecular flexibility index (Phi) is 5.90. The number of pyridine rings is 1. The van der Waals surface area contributed by atoms with E-state index in [2.05, 4.69) is 10.3 Å². The molecule has 0 bridgehead atoms. The zero-order valence-corrected chi connectivity index (χ0v) is 12.4. The van der Waals surface area contributed by atoms with Gasteiger partial charge >= 0.3 is 0 Å². The Morgan fingerprint density at radius 1 is 1.40 bits per heavy atom. The molecule has 0 aromatic carbocycles. The fourth-order valence-electron chi connectivity index (χ4n) is 1.21. The predicted octanol–water partition coefficient (Wildman–Crippen LogP) is 0.478. The summed E-state index contributed by atoms with van der Waals surface area (Å²) in [5.74, 6) is -0.196. The molecule has 1 aromatic heterocycles. The number of anilines is 1. The van der Waals surface area contributed by atoms with Crippen LogP contribution in [0.2, 0.25) is 0 Å². The van der Waals surface area contributed by atoms with Crippen LogP contribution in [0.3, 0.4) is 0 Å². The van der Waals surface area contributed by atoms with Crippen LogP contribution in [-0.4, -0.2) is 51.1 Å². The molecule has 0 aliphatic carbocycles.